The van der Waals surface area contributed by atoms with Gasteiger partial charge in [0.2, 0.25) is 10.0 Å². The molecule has 0 radical (unpaired) electrons. The van der Waals surface area contributed by atoms with Gasteiger partial charge in [-0.2, -0.15) is 4.99 Å². The minimum absolute atomic E-state index is 0.00378. The summed E-state index contributed by atoms with van der Waals surface area (Å²) in [6, 6.07) is 7.88. The van der Waals surface area contributed by atoms with Gasteiger partial charge < -0.3 is 15.6 Å². The Labute approximate surface area is 242 Å². The van der Waals surface area contributed by atoms with Gasteiger partial charge in [-0.1, -0.05) is 38.0 Å². The molecule has 1 saturated carbocycles. The Morgan fingerprint density at radius 3 is 2.46 bits per heavy atom. The first-order valence-corrected chi connectivity index (χ1v) is 16.1. The van der Waals surface area contributed by atoms with Crippen molar-refractivity contribution in [3.63, 3.8) is 0 Å². The van der Waals surface area contributed by atoms with Crippen LogP contribution in [-0.2, 0) is 38.9 Å². The van der Waals surface area contributed by atoms with E-state index in [9.17, 15) is 18.3 Å². The molecule has 0 amide bonds. The summed E-state index contributed by atoms with van der Waals surface area (Å²) >= 11 is 0. The second kappa shape index (κ2) is 12.7. The van der Waals surface area contributed by atoms with Gasteiger partial charge in [0.25, 0.3) is 5.95 Å². The van der Waals surface area contributed by atoms with Crippen LogP contribution in [0.2, 0.25) is 0 Å². The summed E-state index contributed by atoms with van der Waals surface area (Å²) in [5.74, 6) is -0.0528. The first-order chi connectivity index (χ1) is 19.4. The highest BCUT2D eigenvalue weighted by Gasteiger charge is 2.48. The molecule has 2 aromatic rings. The minimum atomic E-state index is -3.29. The van der Waals surface area contributed by atoms with E-state index in [4.69, 9.17) is 10.5 Å². The number of benzene rings is 1. The molecule has 1 aromatic heterocycles. The summed E-state index contributed by atoms with van der Waals surface area (Å²) in [5, 5.41) is 11.2. The molecule has 10 nitrogen and oxygen atoms in total. The van der Waals surface area contributed by atoms with Crippen molar-refractivity contribution in [3.8, 4) is 0 Å². The maximum Gasteiger partial charge on any atom is 0.338 e. The summed E-state index contributed by atoms with van der Waals surface area (Å²) in [6.07, 6.45) is 7.36. The van der Waals surface area contributed by atoms with E-state index in [2.05, 4.69) is 25.7 Å². The number of esters is 1. The van der Waals surface area contributed by atoms with Crippen LogP contribution in [0.25, 0.3) is 0 Å². The Morgan fingerprint density at radius 2 is 1.85 bits per heavy atom. The molecule has 1 aliphatic carbocycles. The van der Waals surface area contributed by atoms with Gasteiger partial charge in [-0.25, -0.2) is 27.9 Å². The number of hydrogen-bond acceptors (Lipinski definition) is 8. The number of aliphatic hydroxyl groups is 1. The van der Waals surface area contributed by atoms with Gasteiger partial charge >= 0.3 is 5.97 Å². The molecule has 41 heavy (non-hydrogen) atoms. The van der Waals surface area contributed by atoms with Crippen LogP contribution in [0.5, 0.6) is 0 Å². The number of rotatable bonds is 11. The maximum atomic E-state index is 13.3. The fraction of sp³-hybridized carbons (Fsp3) is 0.533. The summed E-state index contributed by atoms with van der Waals surface area (Å²) in [7, 11) is -3.29. The Kier molecular flexibility index (Phi) is 9.48. The molecular formula is C30H41N5O5S. The number of nitrogens with two attached hydrogens (primary N) is 1. The third-order valence-electron chi connectivity index (χ3n) is 8.04. The SMILES string of the molecule is CCc1cc(CCC2(C3CCCC3)CC(O)=C(CC(N)=Nc3nc(C)cc(C)n3)C(=O)O2)ccc1CNS(C)(=O)=O. The molecule has 2 heterocycles. The van der Waals surface area contributed by atoms with E-state index >= 15 is 0 Å². The number of hydrogen-bond donors (Lipinski definition) is 3. The molecule has 1 fully saturated rings. The van der Waals surface area contributed by atoms with Crippen LogP contribution >= 0.6 is 0 Å². The number of aromatic nitrogens is 2. The standard InChI is InChI=1S/C30H41N5O5S/c1-5-22-15-21(10-11-23(22)18-32-41(4,38)39)12-13-30(24-8-6-7-9-24)17-26(36)25(28(37)40-30)16-27(31)35-29-33-19(2)14-20(3)34-29/h10-11,14-15,24,32,36H,5-9,12-13,16-18H2,1-4H3,(H2,31,33,34,35). The van der Waals surface area contributed by atoms with Crippen LogP contribution in [0.3, 0.4) is 0 Å². The fourth-order valence-electron chi connectivity index (χ4n) is 6.00. The number of aliphatic hydroxyl groups excluding tert-OH is 1. The van der Waals surface area contributed by atoms with E-state index in [0.717, 1.165) is 66.4 Å². The van der Waals surface area contributed by atoms with Crippen molar-refractivity contribution >= 4 is 27.8 Å². The summed E-state index contributed by atoms with van der Waals surface area (Å²) in [4.78, 5) is 26.1. The predicted octanol–water partition coefficient (Wildman–Crippen LogP) is 4.40. The van der Waals surface area contributed by atoms with E-state index < -0.39 is 21.6 Å². The van der Waals surface area contributed by atoms with E-state index in [-0.39, 0.29) is 48.4 Å². The topological polar surface area (TPSA) is 157 Å². The number of amidine groups is 1. The Hall–Kier alpha value is -3.31. The lowest BCUT2D eigenvalue weighted by atomic mass is 9.76. The van der Waals surface area contributed by atoms with E-state index in [0.29, 0.717) is 12.8 Å². The number of sulfonamides is 1. The van der Waals surface area contributed by atoms with Crippen molar-refractivity contribution < 1.29 is 23.1 Å². The van der Waals surface area contributed by atoms with Gasteiger partial charge in [-0.15, -0.1) is 0 Å². The fourth-order valence-corrected chi connectivity index (χ4v) is 6.41. The van der Waals surface area contributed by atoms with Crippen LogP contribution in [0.4, 0.5) is 5.95 Å². The number of aliphatic imine (C=N–C) groups is 1. The zero-order valence-corrected chi connectivity index (χ0v) is 25.2. The largest absolute Gasteiger partial charge is 0.512 e. The van der Waals surface area contributed by atoms with E-state index in [1.807, 2.05) is 39.0 Å². The lowest BCUT2D eigenvalue weighted by molar-refractivity contribution is -0.167. The first kappa shape index (κ1) is 30.6. The molecule has 1 atom stereocenters. The monoisotopic (exact) mass is 583 g/mol. The summed E-state index contributed by atoms with van der Waals surface area (Å²) in [6.45, 7) is 5.97. The highest BCUT2D eigenvalue weighted by Crippen LogP contribution is 2.46. The molecule has 222 valence electrons. The van der Waals surface area contributed by atoms with Crippen molar-refractivity contribution in [2.24, 2.45) is 16.6 Å². The van der Waals surface area contributed by atoms with Crippen LogP contribution in [0.1, 0.15) is 79.9 Å². The number of carbonyl (C=O) groups excluding carboxylic acids is 1. The average Bonchev–Trinajstić information content (AvgIpc) is 3.43. The normalized spacial score (nSPS) is 20.5. The second-order valence-corrected chi connectivity index (χ2v) is 13.2. The van der Waals surface area contributed by atoms with Gasteiger partial charge in [-0.3, -0.25) is 0 Å². The lowest BCUT2D eigenvalue weighted by Crippen LogP contribution is -2.46. The number of aryl methyl sites for hydroxylation is 4. The highest BCUT2D eigenvalue weighted by atomic mass is 32.2. The zero-order chi connectivity index (χ0) is 29.8. The molecule has 4 rings (SSSR count). The van der Waals surface area contributed by atoms with Gasteiger partial charge in [-0.05, 0) is 74.6 Å². The Balaban J connectivity index is 1.53. The highest BCUT2D eigenvalue weighted by molar-refractivity contribution is 7.88. The first-order valence-electron chi connectivity index (χ1n) is 14.2. The quantitative estimate of drug-likeness (QED) is 0.200. The summed E-state index contributed by atoms with van der Waals surface area (Å²) < 4.78 is 31.9. The van der Waals surface area contributed by atoms with Crippen molar-refractivity contribution in [2.45, 2.75) is 90.7 Å². The number of carbonyl (C=O) groups is 1. The molecule has 1 unspecified atom stereocenters. The van der Waals surface area contributed by atoms with E-state index in [1.54, 1.807) is 0 Å². The van der Waals surface area contributed by atoms with Crippen molar-refractivity contribution in [1.29, 1.82) is 0 Å². The number of nitrogens with one attached hydrogen (secondary N) is 1. The number of ether oxygens (including phenoxy) is 1. The van der Waals surface area contributed by atoms with Gasteiger partial charge in [0.05, 0.1) is 11.8 Å². The van der Waals surface area contributed by atoms with Crippen LogP contribution in [0.15, 0.2) is 40.6 Å². The second-order valence-electron chi connectivity index (χ2n) is 11.3. The number of nitrogens with zero attached hydrogens (tertiary/aromatic N) is 3. The number of cyclic esters (lactones) is 1. The van der Waals surface area contributed by atoms with Crippen molar-refractivity contribution in [1.82, 2.24) is 14.7 Å². The van der Waals surface area contributed by atoms with Gasteiger partial charge in [0, 0.05) is 30.8 Å². The predicted molar refractivity (Wildman–Crippen MR) is 158 cm³/mol. The van der Waals surface area contributed by atoms with Crippen LogP contribution < -0.4 is 10.5 Å². The van der Waals surface area contributed by atoms with Gasteiger partial charge in [0.1, 0.15) is 17.2 Å². The zero-order valence-electron chi connectivity index (χ0n) is 24.4. The molecular weight excluding hydrogens is 542 g/mol. The molecule has 0 bridgehead atoms. The van der Waals surface area contributed by atoms with Gasteiger partial charge in [0.15, 0.2) is 0 Å². The third kappa shape index (κ3) is 7.91. The Morgan fingerprint density at radius 1 is 1.17 bits per heavy atom. The van der Waals surface area contributed by atoms with Crippen LogP contribution in [-0.4, -0.2) is 47.2 Å². The maximum absolute atomic E-state index is 13.3. The third-order valence-corrected chi connectivity index (χ3v) is 8.71. The molecule has 0 spiro atoms. The smallest absolute Gasteiger partial charge is 0.338 e. The van der Waals surface area contributed by atoms with E-state index in [1.165, 1.54) is 0 Å². The minimum Gasteiger partial charge on any atom is -0.512 e. The lowest BCUT2D eigenvalue weighted by Gasteiger charge is -2.42. The average molecular weight is 584 g/mol. The molecule has 1 aromatic carbocycles. The molecule has 11 heteroatoms. The molecule has 1 aliphatic heterocycles. The van der Waals surface area contributed by atoms with Crippen LogP contribution in [0, 0.1) is 19.8 Å². The summed E-state index contributed by atoms with van der Waals surface area (Å²) in [5.41, 5.74) is 10.1. The molecule has 4 N–H and O–H groups in total. The molecule has 2 aliphatic rings. The van der Waals surface area contributed by atoms with Crippen molar-refractivity contribution in [2.75, 3.05) is 6.26 Å². The van der Waals surface area contributed by atoms with Crippen molar-refractivity contribution in [3.05, 3.63) is 63.7 Å². The molecule has 0 saturated heterocycles. The Bertz CT molecular complexity index is 1440.